The van der Waals surface area contributed by atoms with E-state index in [1.54, 1.807) is 29.3 Å². The van der Waals surface area contributed by atoms with E-state index in [1.807, 2.05) is 0 Å². The Morgan fingerprint density at radius 2 is 1.95 bits per heavy atom. The van der Waals surface area contributed by atoms with Crippen LogP contribution in [0.25, 0.3) is 0 Å². The van der Waals surface area contributed by atoms with Crippen LogP contribution in [0.4, 0.5) is 14.5 Å². The molecular weight excluding hydrogens is 498 g/mol. The molecule has 1 atom stereocenters. The van der Waals surface area contributed by atoms with Gasteiger partial charge in [0.05, 0.1) is 19.3 Å². The van der Waals surface area contributed by atoms with Gasteiger partial charge in [-0.05, 0) is 43.9 Å². The minimum atomic E-state index is -3.52. The number of ether oxygens (including phenoxy) is 2. The first-order valence-electron chi connectivity index (χ1n) is 13.1. The van der Waals surface area contributed by atoms with Gasteiger partial charge in [0.25, 0.3) is 11.8 Å². The van der Waals surface area contributed by atoms with Gasteiger partial charge in [-0.25, -0.2) is 4.99 Å². The molecule has 3 heterocycles. The lowest BCUT2D eigenvalue weighted by molar-refractivity contribution is -0.154. The number of alkyl halides is 2. The first-order chi connectivity index (χ1) is 18.3. The summed E-state index contributed by atoms with van der Waals surface area (Å²) in [5.41, 5.74) is 1.34. The van der Waals surface area contributed by atoms with Gasteiger partial charge in [0.1, 0.15) is 11.4 Å². The van der Waals surface area contributed by atoms with Crippen LogP contribution in [0, 0.1) is 0 Å². The summed E-state index contributed by atoms with van der Waals surface area (Å²) in [5, 5.41) is 9.31. The van der Waals surface area contributed by atoms with Crippen molar-refractivity contribution in [2.75, 3.05) is 39.2 Å². The molecule has 10 nitrogen and oxygen atoms in total. The number of rotatable bonds is 6. The number of carbonyl (C=O) groups is 2. The summed E-state index contributed by atoms with van der Waals surface area (Å²) in [7, 11) is 2.85. The van der Waals surface area contributed by atoms with Crippen molar-refractivity contribution in [2.24, 2.45) is 4.99 Å². The summed E-state index contributed by atoms with van der Waals surface area (Å²) < 4.78 is 40.6. The molecule has 2 amide bonds. The summed E-state index contributed by atoms with van der Waals surface area (Å²) in [6.07, 6.45) is 5.84. The largest absolute Gasteiger partial charge is 0.495 e. The second kappa shape index (κ2) is 10.8. The summed E-state index contributed by atoms with van der Waals surface area (Å²) in [6.45, 7) is 0.553. The number of carbonyl (C=O) groups excluding carboxylic acids is 2. The predicted octanol–water partition coefficient (Wildman–Crippen LogP) is 2.49. The fraction of sp³-hybridized carbons (Fsp3) is 0.577. The Kier molecular flexibility index (Phi) is 7.42. The molecule has 0 spiro atoms. The number of nitrogens with zero attached hydrogens (tertiary/aromatic N) is 3. The van der Waals surface area contributed by atoms with Gasteiger partial charge in [0.15, 0.2) is 12.1 Å². The maximum Gasteiger partial charge on any atom is 0.342 e. The number of halogens is 2. The Balaban J connectivity index is 1.36. The number of aliphatic imine (C=N–C) groups is 1. The Hall–Kier alpha value is -3.41. The molecule has 206 valence electrons. The average molecular weight is 533 g/mol. The molecule has 3 fully saturated rings. The van der Waals surface area contributed by atoms with Gasteiger partial charge >= 0.3 is 5.92 Å². The van der Waals surface area contributed by atoms with Crippen molar-refractivity contribution in [1.29, 1.82) is 0 Å². The van der Waals surface area contributed by atoms with E-state index in [2.05, 4.69) is 16.0 Å². The molecular formula is C26H34F2N6O4. The topological polar surface area (TPSA) is 108 Å². The molecule has 1 aromatic rings. The maximum atomic E-state index is 14.8. The lowest BCUT2D eigenvalue weighted by atomic mass is 10.1. The van der Waals surface area contributed by atoms with Crippen LogP contribution < -0.4 is 20.7 Å². The van der Waals surface area contributed by atoms with Crippen LogP contribution in [0.2, 0.25) is 0 Å². The molecule has 12 heteroatoms. The van der Waals surface area contributed by atoms with E-state index in [0.717, 1.165) is 43.4 Å². The number of benzene rings is 1. The quantitative estimate of drug-likeness (QED) is 0.517. The highest BCUT2D eigenvalue weighted by Crippen LogP contribution is 2.34. The van der Waals surface area contributed by atoms with Crippen LogP contribution in [-0.2, 0) is 9.53 Å². The monoisotopic (exact) mass is 532 g/mol. The predicted molar refractivity (Wildman–Crippen MR) is 137 cm³/mol. The lowest BCUT2D eigenvalue weighted by Gasteiger charge is -2.35. The van der Waals surface area contributed by atoms with E-state index in [9.17, 15) is 18.4 Å². The highest BCUT2D eigenvalue weighted by molar-refractivity contribution is 6.05. The summed E-state index contributed by atoms with van der Waals surface area (Å²) in [4.78, 5) is 32.6. The average Bonchev–Trinajstić information content (AvgIpc) is 3.44. The van der Waals surface area contributed by atoms with Gasteiger partial charge in [-0.1, -0.05) is 12.8 Å². The SMILES string of the molecule is COc1cc(C(=O)NC2CCOCC2)ccc1NC1N=C2C(=CN1)N(C)C(=O)C(F)(F)CN2C1CCCC1. The van der Waals surface area contributed by atoms with E-state index in [-0.39, 0.29) is 18.0 Å². The standard InChI is InChI=1S/C26H34F2N6O4/c1-33-20-14-29-25(32-22(20)34(18-5-3-4-6-18)15-26(27,28)24(33)36)31-19-8-7-16(13-21(19)37-2)23(35)30-17-9-11-38-12-10-17/h7-8,13-14,17-18,25,29,31H,3-6,9-12,15H2,1-2H3,(H,30,35). The van der Waals surface area contributed by atoms with Crippen LogP contribution >= 0.6 is 0 Å². The first-order valence-corrected chi connectivity index (χ1v) is 13.1. The molecule has 0 radical (unpaired) electrons. The first kappa shape index (κ1) is 26.2. The summed E-state index contributed by atoms with van der Waals surface area (Å²) >= 11 is 0. The number of amides is 2. The smallest absolute Gasteiger partial charge is 0.342 e. The number of amidine groups is 1. The van der Waals surface area contributed by atoms with Gasteiger partial charge in [0.2, 0.25) is 0 Å². The fourth-order valence-corrected chi connectivity index (χ4v) is 5.43. The van der Waals surface area contributed by atoms with Gasteiger partial charge in [-0.15, -0.1) is 0 Å². The molecule has 3 aliphatic heterocycles. The Labute approximate surface area is 220 Å². The van der Waals surface area contributed by atoms with E-state index in [1.165, 1.54) is 14.2 Å². The summed E-state index contributed by atoms with van der Waals surface area (Å²) in [5.74, 6) is -4.17. The number of anilines is 1. The zero-order valence-corrected chi connectivity index (χ0v) is 21.6. The van der Waals surface area contributed by atoms with Crippen LogP contribution in [-0.4, -0.2) is 85.7 Å². The van der Waals surface area contributed by atoms with Crippen LogP contribution in [0.3, 0.4) is 0 Å². The molecule has 1 unspecified atom stereocenters. The van der Waals surface area contributed by atoms with Gasteiger partial charge in [-0.3, -0.25) is 9.59 Å². The van der Waals surface area contributed by atoms with Crippen LogP contribution in [0.15, 0.2) is 35.1 Å². The molecule has 5 rings (SSSR count). The third-order valence-electron chi connectivity index (χ3n) is 7.56. The number of nitrogens with one attached hydrogen (secondary N) is 3. The van der Waals surface area contributed by atoms with E-state index >= 15 is 0 Å². The molecule has 0 bridgehead atoms. The third kappa shape index (κ3) is 5.27. The van der Waals surface area contributed by atoms with Gasteiger partial charge in [0, 0.05) is 44.1 Å². The molecule has 1 saturated carbocycles. The molecule has 2 saturated heterocycles. The zero-order chi connectivity index (χ0) is 26.9. The lowest BCUT2D eigenvalue weighted by Crippen LogP contribution is -2.48. The fourth-order valence-electron chi connectivity index (χ4n) is 5.43. The van der Waals surface area contributed by atoms with Crippen molar-refractivity contribution in [3.63, 3.8) is 0 Å². The molecule has 38 heavy (non-hydrogen) atoms. The van der Waals surface area contributed by atoms with Crippen LogP contribution in [0.1, 0.15) is 48.9 Å². The number of fused-ring (bicyclic) bond motifs is 1. The van der Waals surface area contributed by atoms with Gasteiger partial charge in [-0.2, -0.15) is 8.78 Å². The number of hydrogen-bond acceptors (Lipinski definition) is 8. The Morgan fingerprint density at radius 3 is 2.66 bits per heavy atom. The Morgan fingerprint density at radius 1 is 1.21 bits per heavy atom. The van der Waals surface area contributed by atoms with E-state index in [0.29, 0.717) is 41.7 Å². The number of likely N-dealkylation sites (N-methyl/N-ethyl adjacent to an activating group) is 1. The zero-order valence-electron chi connectivity index (χ0n) is 21.6. The van der Waals surface area contributed by atoms with E-state index < -0.39 is 24.7 Å². The highest BCUT2D eigenvalue weighted by atomic mass is 19.3. The number of methoxy groups -OCH3 is 1. The van der Waals surface area contributed by atoms with Crippen molar-refractivity contribution in [2.45, 2.75) is 62.8 Å². The second-order valence-corrected chi connectivity index (χ2v) is 10.1. The van der Waals surface area contributed by atoms with Crippen molar-refractivity contribution in [3.05, 3.63) is 35.7 Å². The molecule has 4 aliphatic rings. The van der Waals surface area contributed by atoms with E-state index in [4.69, 9.17) is 14.5 Å². The second-order valence-electron chi connectivity index (χ2n) is 10.1. The van der Waals surface area contributed by atoms with Gasteiger partial charge < -0.3 is 35.2 Å². The van der Waals surface area contributed by atoms with Crippen molar-refractivity contribution in [3.8, 4) is 5.75 Å². The molecule has 0 aromatic heterocycles. The Bertz CT molecular complexity index is 1130. The molecule has 3 N–H and O–H groups in total. The van der Waals surface area contributed by atoms with Crippen molar-refractivity contribution < 1.29 is 27.8 Å². The molecule has 1 aliphatic carbocycles. The van der Waals surface area contributed by atoms with Crippen molar-refractivity contribution >= 4 is 23.3 Å². The number of hydrogen-bond donors (Lipinski definition) is 3. The summed E-state index contributed by atoms with van der Waals surface area (Å²) in [6, 6.07) is 5.04. The third-order valence-corrected chi connectivity index (χ3v) is 7.56. The minimum Gasteiger partial charge on any atom is -0.495 e. The normalized spacial score (nSPS) is 24.1. The van der Waals surface area contributed by atoms with Crippen molar-refractivity contribution in [1.82, 2.24) is 20.4 Å². The minimum absolute atomic E-state index is 0.0723. The molecule has 1 aromatic carbocycles. The van der Waals surface area contributed by atoms with Crippen LogP contribution in [0.5, 0.6) is 5.75 Å². The highest BCUT2D eigenvalue weighted by Gasteiger charge is 2.50. The maximum absolute atomic E-state index is 14.8.